The van der Waals surface area contributed by atoms with Gasteiger partial charge in [0.1, 0.15) is 35.8 Å². The second-order valence-electron chi connectivity index (χ2n) is 9.49. The third-order valence-corrected chi connectivity index (χ3v) is 7.99. The van der Waals surface area contributed by atoms with Crippen LogP contribution in [0.4, 0.5) is 14.5 Å². The summed E-state index contributed by atoms with van der Waals surface area (Å²) < 4.78 is 66.0. The Hall–Kier alpha value is -3.84. The quantitative estimate of drug-likeness (QED) is 0.422. The molecular formula is C26H26F2N4O6S. The fourth-order valence-corrected chi connectivity index (χ4v) is 5.50. The standard InChI is InChI=1S/C26H26F2N4O6S/c1-16(33)17-3-4-18-9-22(15-37-24(18)10-17)38-25-23(30-5-7-31(8-6-30)39(2,35)36)14-29-32(26(25)34)21-12-19(27)11-20(28)13-21/h3-4,10-14,22H,5-9,15H2,1-2H3. The molecule has 1 fully saturated rings. The number of carbonyl (C=O) groups excluding carboxylic acids is 1. The maximum absolute atomic E-state index is 13.9. The van der Waals surface area contributed by atoms with E-state index in [4.69, 9.17) is 9.47 Å². The summed E-state index contributed by atoms with van der Waals surface area (Å²) >= 11 is 0. The number of ketones is 1. The van der Waals surface area contributed by atoms with Crippen LogP contribution in [0, 0.1) is 11.6 Å². The Morgan fingerprint density at radius 3 is 2.41 bits per heavy atom. The van der Waals surface area contributed by atoms with Gasteiger partial charge >= 0.3 is 5.56 Å². The van der Waals surface area contributed by atoms with E-state index in [9.17, 15) is 26.8 Å². The molecule has 0 spiro atoms. The molecule has 3 heterocycles. The SMILES string of the molecule is CC(=O)c1ccc2c(c1)OCC(Oc1c(N3CCN(S(C)(=O)=O)CC3)cnn(-c3cc(F)cc(F)c3)c1=O)C2. The van der Waals surface area contributed by atoms with Gasteiger partial charge < -0.3 is 14.4 Å². The van der Waals surface area contributed by atoms with Gasteiger partial charge in [-0.15, -0.1) is 0 Å². The number of anilines is 1. The van der Waals surface area contributed by atoms with Crippen LogP contribution in [0.1, 0.15) is 22.8 Å². The summed E-state index contributed by atoms with van der Waals surface area (Å²) in [5.74, 6) is -1.37. The minimum atomic E-state index is -3.38. The third-order valence-electron chi connectivity index (χ3n) is 6.69. The number of nitrogens with zero attached hydrogens (tertiary/aromatic N) is 4. The third kappa shape index (κ3) is 5.64. The molecule has 2 aliphatic heterocycles. The van der Waals surface area contributed by atoms with Gasteiger partial charge in [0, 0.05) is 44.2 Å². The highest BCUT2D eigenvalue weighted by atomic mass is 32.2. The number of piperazine rings is 1. The van der Waals surface area contributed by atoms with Gasteiger partial charge in [0.15, 0.2) is 5.78 Å². The predicted octanol–water partition coefficient (Wildman–Crippen LogP) is 2.18. The average molecular weight is 561 g/mol. The molecule has 1 aromatic heterocycles. The Kier molecular flexibility index (Phi) is 7.12. The Morgan fingerprint density at radius 1 is 1.08 bits per heavy atom. The fraction of sp³-hybridized carbons (Fsp3) is 0.346. The molecule has 5 rings (SSSR count). The fourth-order valence-electron chi connectivity index (χ4n) is 4.68. The zero-order valence-electron chi connectivity index (χ0n) is 21.3. The first-order valence-corrected chi connectivity index (χ1v) is 14.1. The molecule has 0 radical (unpaired) electrons. The van der Waals surface area contributed by atoms with Crippen LogP contribution in [-0.4, -0.2) is 73.4 Å². The largest absolute Gasteiger partial charge is 0.489 e. The van der Waals surface area contributed by atoms with E-state index in [0.29, 0.717) is 29.5 Å². The molecule has 0 bridgehead atoms. The van der Waals surface area contributed by atoms with Crippen molar-refractivity contribution in [3.8, 4) is 17.2 Å². The van der Waals surface area contributed by atoms with Crippen molar-refractivity contribution in [2.45, 2.75) is 19.4 Å². The molecule has 206 valence electrons. The van der Waals surface area contributed by atoms with Gasteiger partial charge in [-0.1, -0.05) is 12.1 Å². The molecule has 13 heteroatoms. The van der Waals surface area contributed by atoms with Gasteiger partial charge in [0.05, 0.1) is 18.1 Å². The van der Waals surface area contributed by atoms with Crippen molar-refractivity contribution in [1.29, 1.82) is 0 Å². The number of carbonyl (C=O) groups is 1. The number of Topliss-reactive ketones (excluding diaryl/α,β-unsaturated/α-hetero) is 1. The number of ether oxygens (including phenoxy) is 2. The number of aromatic nitrogens is 2. The average Bonchev–Trinajstić information content (AvgIpc) is 2.88. The van der Waals surface area contributed by atoms with E-state index < -0.39 is 33.3 Å². The summed E-state index contributed by atoms with van der Waals surface area (Å²) in [5.41, 5.74) is 0.793. The summed E-state index contributed by atoms with van der Waals surface area (Å²) in [6, 6.07) is 7.79. The van der Waals surface area contributed by atoms with E-state index in [0.717, 1.165) is 28.6 Å². The van der Waals surface area contributed by atoms with Gasteiger partial charge in [-0.3, -0.25) is 9.59 Å². The molecule has 0 saturated carbocycles. The molecule has 1 saturated heterocycles. The van der Waals surface area contributed by atoms with E-state index in [1.165, 1.54) is 17.4 Å². The first kappa shape index (κ1) is 26.8. The highest BCUT2D eigenvalue weighted by Crippen LogP contribution is 2.31. The lowest BCUT2D eigenvalue weighted by atomic mass is 10.0. The van der Waals surface area contributed by atoms with Crippen molar-refractivity contribution >= 4 is 21.5 Å². The normalized spacial score (nSPS) is 17.8. The monoisotopic (exact) mass is 560 g/mol. The second-order valence-corrected chi connectivity index (χ2v) is 11.5. The van der Waals surface area contributed by atoms with Gasteiger partial charge in [0.25, 0.3) is 0 Å². The Morgan fingerprint density at radius 2 is 1.77 bits per heavy atom. The first-order valence-electron chi connectivity index (χ1n) is 12.2. The van der Waals surface area contributed by atoms with E-state index in [2.05, 4.69) is 5.10 Å². The van der Waals surface area contributed by atoms with Gasteiger partial charge in [0.2, 0.25) is 15.8 Å². The topological polar surface area (TPSA) is 111 Å². The number of hydrogen-bond donors (Lipinski definition) is 0. The first-order chi connectivity index (χ1) is 18.5. The predicted molar refractivity (Wildman–Crippen MR) is 138 cm³/mol. The molecule has 3 aromatic rings. The molecule has 1 atom stereocenters. The van der Waals surface area contributed by atoms with Crippen LogP contribution in [0.15, 0.2) is 47.4 Å². The molecule has 0 N–H and O–H groups in total. The lowest BCUT2D eigenvalue weighted by molar-refractivity contribution is 0.101. The van der Waals surface area contributed by atoms with Crippen LogP contribution in [0.25, 0.3) is 5.69 Å². The van der Waals surface area contributed by atoms with Gasteiger partial charge in [-0.05, 0) is 30.7 Å². The smallest absolute Gasteiger partial charge is 0.316 e. The molecule has 2 aromatic carbocycles. The lowest BCUT2D eigenvalue weighted by Crippen LogP contribution is -2.49. The number of fused-ring (bicyclic) bond motifs is 1. The number of halogens is 2. The number of hydrogen-bond acceptors (Lipinski definition) is 8. The molecular weight excluding hydrogens is 534 g/mol. The van der Waals surface area contributed by atoms with E-state index >= 15 is 0 Å². The van der Waals surface area contributed by atoms with Crippen molar-refractivity contribution in [3.63, 3.8) is 0 Å². The van der Waals surface area contributed by atoms with Crippen molar-refractivity contribution in [1.82, 2.24) is 14.1 Å². The number of rotatable bonds is 6. The summed E-state index contributed by atoms with van der Waals surface area (Å²) in [6.07, 6.45) is 2.29. The molecule has 0 aliphatic carbocycles. The Balaban J connectivity index is 1.49. The van der Waals surface area contributed by atoms with Crippen molar-refractivity contribution in [2.75, 3.05) is 43.9 Å². The van der Waals surface area contributed by atoms with Crippen LogP contribution >= 0.6 is 0 Å². The molecule has 0 amide bonds. The second kappa shape index (κ2) is 10.4. The van der Waals surface area contributed by atoms with Crippen LogP contribution in [0.5, 0.6) is 11.5 Å². The summed E-state index contributed by atoms with van der Waals surface area (Å²) in [7, 11) is -3.38. The highest BCUT2D eigenvalue weighted by Gasteiger charge is 2.30. The zero-order valence-corrected chi connectivity index (χ0v) is 22.1. The van der Waals surface area contributed by atoms with E-state index in [-0.39, 0.29) is 50.0 Å². The number of benzene rings is 2. The van der Waals surface area contributed by atoms with Gasteiger partial charge in [-0.2, -0.15) is 14.1 Å². The highest BCUT2D eigenvalue weighted by molar-refractivity contribution is 7.88. The Labute approximate surface area is 223 Å². The van der Waals surface area contributed by atoms with Crippen LogP contribution in [0.3, 0.4) is 0 Å². The van der Waals surface area contributed by atoms with Crippen molar-refractivity contribution < 1.29 is 31.5 Å². The van der Waals surface area contributed by atoms with Crippen LogP contribution in [-0.2, 0) is 16.4 Å². The molecule has 2 aliphatic rings. The zero-order chi connectivity index (χ0) is 27.9. The number of sulfonamides is 1. The van der Waals surface area contributed by atoms with E-state index in [1.54, 1.807) is 23.1 Å². The summed E-state index contributed by atoms with van der Waals surface area (Å²) in [6.45, 7) is 2.52. The van der Waals surface area contributed by atoms with Crippen molar-refractivity contribution in [3.05, 3.63) is 75.7 Å². The summed E-state index contributed by atoms with van der Waals surface area (Å²) in [4.78, 5) is 27.1. The molecule has 1 unspecified atom stereocenters. The maximum atomic E-state index is 13.9. The minimum Gasteiger partial charge on any atom is -0.489 e. The Bertz CT molecular complexity index is 1580. The molecule has 39 heavy (non-hydrogen) atoms. The van der Waals surface area contributed by atoms with Crippen LogP contribution < -0.4 is 19.9 Å². The molecule has 10 nitrogen and oxygen atoms in total. The van der Waals surface area contributed by atoms with Crippen LogP contribution in [0.2, 0.25) is 0 Å². The lowest BCUT2D eigenvalue weighted by Gasteiger charge is -2.35. The summed E-state index contributed by atoms with van der Waals surface area (Å²) in [5, 5.41) is 4.14. The van der Waals surface area contributed by atoms with Crippen molar-refractivity contribution in [2.24, 2.45) is 0 Å². The van der Waals surface area contributed by atoms with E-state index in [1.807, 2.05) is 0 Å². The van der Waals surface area contributed by atoms with Gasteiger partial charge in [-0.25, -0.2) is 17.2 Å². The maximum Gasteiger partial charge on any atom is 0.316 e. The minimum absolute atomic E-state index is 0.0893.